The average molecular weight is 466 g/mol. The van der Waals surface area contributed by atoms with Crippen molar-refractivity contribution in [3.05, 3.63) is 120 Å². The van der Waals surface area contributed by atoms with E-state index in [1.165, 1.54) is 5.56 Å². The number of nitrogens with zero attached hydrogens (tertiary/aromatic N) is 2. The number of ether oxygens (including phenoxy) is 1. The first-order valence-electron chi connectivity index (χ1n) is 11.7. The molecule has 2 aliphatic heterocycles. The van der Waals surface area contributed by atoms with Crippen molar-refractivity contribution in [2.45, 2.75) is 12.5 Å². The quantitative estimate of drug-likeness (QED) is 0.473. The molecule has 0 spiro atoms. The highest BCUT2D eigenvalue weighted by Gasteiger charge is 2.43. The Labute approximate surface area is 205 Å². The van der Waals surface area contributed by atoms with Gasteiger partial charge >= 0.3 is 6.03 Å². The van der Waals surface area contributed by atoms with E-state index in [2.05, 4.69) is 24.0 Å². The molecular weight excluding hydrogens is 438 g/mol. The van der Waals surface area contributed by atoms with Crippen LogP contribution in [0.2, 0.25) is 0 Å². The van der Waals surface area contributed by atoms with E-state index in [1.807, 2.05) is 77.7 Å². The van der Waals surface area contributed by atoms with E-state index in [9.17, 15) is 9.59 Å². The summed E-state index contributed by atoms with van der Waals surface area (Å²) in [6.07, 6.45) is 2.43. The molecule has 2 heterocycles. The van der Waals surface area contributed by atoms with Crippen molar-refractivity contribution in [3.63, 3.8) is 0 Å². The first kappa shape index (κ1) is 22.5. The van der Waals surface area contributed by atoms with Crippen molar-refractivity contribution in [2.75, 3.05) is 19.6 Å². The summed E-state index contributed by atoms with van der Waals surface area (Å²) in [5, 5.41) is 3.03. The van der Waals surface area contributed by atoms with Gasteiger partial charge in [0.05, 0.1) is 23.9 Å². The van der Waals surface area contributed by atoms with E-state index in [0.29, 0.717) is 31.0 Å². The van der Waals surface area contributed by atoms with Crippen molar-refractivity contribution >= 4 is 11.9 Å². The molecular formula is C29H27N3O3. The largest absolute Gasteiger partial charge is 0.457 e. The third-order valence-electron chi connectivity index (χ3n) is 6.29. The van der Waals surface area contributed by atoms with Crippen LogP contribution >= 0.6 is 0 Å². The summed E-state index contributed by atoms with van der Waals surface area (Å²) in [7, 11) is 0. The van der Waals surface area contributed by atoms with Crippen LogP contribution in [0.4, 0.5) is 4.79 Å². The Balaban J connectivity index is 1.43. The average Bonchev–Trinajstić information content (AvgIpc) is 3.21. The van der Waals surface area contributed by atoms with Crippen LogP contribution in [0.1, 0.15) is 17.2 Å². The molecule has 2 aliphatic rings. The van der Waals surface area contributed by atoms with E-state index in [-0.39, 0.29) is 11.9 Å². The zero-order valence-corrected chi connectivity index (χ0v) is 19.4. The van der Waals surface area contributed by atoms with Crippen molar-refractivity contribution in [3.8, 4) is 11.5 Å². The molecule has 3 aromatic carbocycles. The molecule has 0 saturated heterocycles. The Morgan fingerprint density at radius 2 is 1.66 bits per heavy atom. The summed E-state index contributed by atoms with van der Waals surface area (Å²) in [4.78, 5) is 30.1. The molecule has 3 amide bonds. The second-order valence-electron chi connectivity index (χ2n) is 8.59. The minimum absolute atomic E-state index is 0.0515. The third kappa shape index (κ3) is 4.68. The molecule has 176 valence electrons. The summed E-state index contributed by atoms with van der Waals surface area (Å²) >= 11 is 0. The van der Waals surface area contributed by atoms with Gasteiger partial charge in [0, 0.05) is 13.1 Å². The number of benzene rings is 3. The first-order chi connectivity index (χ1) is 17.1. The molecule has 6 nitrogen and oxygen atoms in total. The van der Waals surface area contributed by atoms with E-state index in [0.717, 1.165) is 23.4 Å². The van der Waals surface area contributed by atoms with Gasteiger partial charge in [-0.25, -0.2) is 4.79 Å². The van der Waals surface area contributed by atoms with Gasteiger partial charge in [-0.2, -0.15) is 0 Å². The smallest absolute Gasteiger partial charge is 0.322 e. The van der Waals surface area contributed by atoms with Gasteiger partial charge in [-0.3, -0.25) is 9.69 Å². The molecule has 1 unspecified atom stereocenters. The standard InChI is InChI=1S/C29H27N3O3/c1-2-17-32-25-20-31(18-16-21-10-5-3-6-11-21)28(33)26(25)27(30-29(32)34)22-12-9-15-24(19-22)35-23-13-7-4-8-14-23/h2-15,19,27H,1,16-18,20H2,(H,30,34). The molecule has 35 heavy (non-hydrogen) atoms. The Bertz CT molecular complexity index is 1270. The molecule has 1 N–H and O–H groups in total. The highest BCUT2D eigenvalue weighted by molar-refractivity contribution is 6.01. The van der Waals surface area contributed by atoms with Gasteiger partial charge in [-0.1, -0.05) is 66.7 Å². The topological polar surface area (TPSA) is 61.9 Å². The fourth-order valence-electron chi connectivity index (χ4n) is 4.59. The van der Waals surface area contributed by atoms with Crippen LogP contribution in [0, 0.1) is 0 Å². The van der Waals surface area contributed by atoms with Gasteiger partial charge in [-0.05, 0) is 41.8 Å². The fourth-order valence-corrected chi connectivity index (χ4v) is 4.59. The minimum atomic E-state index is -0.549. The number of carbonyl (C=O) groups excluding carboxylic acids is 2. The second kappa shape index (κ2) is 9.89. The molecule has 0 radical (unpaired) electrons. The van der Waals surface area contributed by atoms with Gasteiger partial charge in [0.25, 0.3) is 5.91 Å². The maximum absolute atomic E-state index is 13.6. The van der Waals surface area contributed by atoms with E-state index < -0.39 is 6.04 Å². The van der Waals surface area contributed by atoms with E-state index >= 15 is 0 Å². The van der Waals surface area contributed by atoms with Gasteiger partial charge in [0.2, 0.25) is 0 Å². The van der Waals surface area contributed by atoms with Gasteiger partial charge in [-0.15, -0.1) is 6.58 Å². The molecule has 0 saturated carbocycles. The van der Waals surface area contributed by atoms with Crippen LogP contribution in [0.15, 0.2) is 109 Å². The Kier molecular flexibility index (Phi) is 6.35. The monoisotopic (exact) mass is 465 g/mol. The number of amides is 3. The molecule has 0 bridgehead atoms. The maximum Gasteiger partial charge on any atom is 0.322 e. The lowest BCUT2D eigenvalue weighted by atomic mass is 9.95. The van der Waals surface area contributed by atoms with Crippen molar-refractivity contribution in [2.24, 2.45) is 0 Å². The molecule has 3 aromatic rings. The number of carbonyl (C=O) groups is 2. The Morgan fingerprint density at radius 3 is 2.40 bits per heavy atom. The normalized spacial score (nSPS) is 17.3. The summed E-state index contributed by atoms with van der Waals surface area (Å²) in [5.74, 6) is 1.31. The lowest BCUT2D eigenvalue weighted by Gasteiger charge is -2.33. The summed E-state index contributed by atoms with van der Waals surface area (Å²) < 4.78 is 6.00. The number of hydrogen-bond acceptors (Lipinski definition) is 3. The van der Waals surface area contributed by atoms with Crippen LogP contribution in [0.3, 0.4) is 0 Å². The van der Waals surface area contributed by atoms with Crippen molar-refractivity contribution in [1.82, 2.24) is 15.1 Å². The highest BCUT2D eigenvalue weighted by atomic mass is 16.5. The van der Waals surface area contributed by atoms with Crippen LogP contribution in [0.25, 0.3) is 0 Å². The lowest BCUT2D eigenvalue weighted by molar-refractivity contribution is -0.125. The van der Waals surface area contributed by atoms with E-state index in [4.69, 9.17) is 4.74 Å². The fraction of sp³-hybridized carbons (Fsp3) is 0.172. The zero-order chi connectivity index (χ0) is 24.2. The number of hydrogen-bond donors (Lipinski definition) is 1. The summed E-state index contributed by atoms with van der Waals surface area (Å²) in [6, 6.07) is 26.4. The van der Waals surface area contributed by atoms with Crippen molar-refractivity contribution < 1.29 is 14.3 Å². The van der Waals surface area contributed by atoms with Crippen LogP contribution < -0.4 is 10.1 Å². The lowest BCUT2D eigenvalue weighted by Crippen LogP contribution is -2.47. The maximum atomic E-state index is 13.6. The van der Waals surface area contributed by atoms with Crippen LogP contribution in [-0.4, -0.2) is 41.4 Å². The van der Waals surface area contributed by atoms with Gasteiger partial charge in [0.15, 0.2) is 0 Å². The summed E-state index contributed by atoms with van der Waals surface area (Å²) in [6.45, 7) is 5.11. The highest BCUT2D eigenvalue weighted by Crippen LogP contribution is 2.37. The Morgan fingerprint density at radius 1 is 0.943 bits per heavy atom. The van der Waals surface area contributed by atoms with E-state index in [1.54, 1.807) is 11.0 Å². The molecule has 5 rings (SSSR count). The molecule has 1 atom stereocenters. The third-order valence-corrected chi connectivity index (χ3v) is 6.29. The Hall–Kier alpha value is -4.32. The SMILES string of the molecule is C=CCN1C(=O)NC(c2cccc(Oc3ccccc3)c2)C2=C1CN(CCc1ccccc1)C2=O. The zero-order valence-electron chi connectivity index (χ0n) is 19.4. The minimum Gasteiger partial charge on any atom is -0.457 e. The molecule has 0 aliphatic carbocycles. The second-order valence-corrected chi connectivity index (χ2v) is 8.59. The number of urea groups is 1. The first-order valence-corrected chi connectivity index (χ1v) is 11.7. The number of rotatable bonds is 8. The number of nitrogens with one attached hydrogen (secondary N) is 1. The van der Waals surface area contributed by atoms with Crippen LogP contribution in [0.5, 0.6) is 11.5 Å². The van der Waals surface area contributed by atoms with Crippen LogP contribution in [-0.2, 0) is 11.2 Å². The molecule has 0 aromatic heterocycles. The predicted octanol–water partition coefficient (Wildman–Crippen LogP) is 5.07. The van der Waals surface area contributed by atoms with Gasteiger partial charge in [0.1, 0.15) is 11.5 Å². The van der Waals surface area contributed by atoms with Crippen molar-refractivity contribution in [1.29, 1.82) is 0 Å². The molecule has 6 heteroatoms. The molecule has 0 fully saturated rings. The summed E-state index contributed by atoms with van der Waals surface area (Å²) in [5.41, 5.74) is 3.32. The predicted molar refractivity (Wildman–Crippen MR) is 135 cm³/mol. The number of para-hydroxylation sites is 1. The van der Waals surface area contributed by atoms with Gasteiger partial charge < -0.3 is 15.0 Å².